The molecule has 0 aromatic heterocycles. The molecule has 21 heavy (non-hydrogen) atoms. The van der Waals surface area contributed by atoms with Gasteiger partial charge in [0.25, 0.3) is 5.24 Å². The third kappa shape index (κ3) is 3.47. The Bertz CT molecular complexity index is 642. The summed E-state index contributed by atoms with van der Waals surface area (Å²) in [6.07, 6.45) is 3.01. The Kier molecular flexibility index (Phi) is 5.07. The summed E-state index contributed by atoms with van der Waals surface area (Å²) in [7, 11) is -3.55. The van der Waals surface area contributed by atoms with Gasteiger partial charge in [0.2, 0.25) is 10.0 Å². The largest absolute Gasteiger partial charge is 0.276 e. The monoisotopic (exact) mass is 329 g/mol. The van der Waals surface area contributed by atoms with E-state index in [4.69, 9.17) is 11.6 Å². The minimum Gasteiger partial charge on any atom is -0.276 e. The minimum atomic E-state index is -3.55. The van der Waals surface area contributed by atoms with Crippen molar-refractivity contribution in [1.29, 1.82) is 0 Å². The zero-order valence-corrected chi connectivity index (χ0v) is 13.9. The Labute approximate surface area is 131 Å². The molecule has 6 heteroatoms. The lowest BCUT2D eigenvalue weighted by molar-refractivity contribution is 0.108. The quantitative estimate of drug-likeness (QED) is 0.779. The fourth-order valence-electron chi connectivity index (χ4n) is 2.80. The third-order valence-electron chi connectivity index (χ3n) is 3.98. The molecule has 0 bridgehead atoms. The maximum atomic E-state index is 12.8. The van der Waals surface area contributed by atoms with Crippen molar-refractivity contribution in [1.82, 2.24) is 4.31 Å². The smallest absolute Gasteiger partial charge is 0.252 e. The number of rotatable bonds is 5. The maximum Gasteiger partial charge on any atom is 0.252 e. The average Bonchev–Trinajstić information content (AvgIpc) is 2.88. The van der Waals surface area contributed by atoms with Crippen molar-refractivity contribution in [3.05, 3.63) is 29.3 Å². The highest BCUT2D eigenvalue weighted by atomic mass is 35.5. The number of nitrogens with zero attached hydrogens (tertiary/aromatic N) is 1. The molecule has 1 heterocycles. The van der Waals surface area contributed by atoms with Crippen molar-refractivity contribution in [2.45, 2.75) is 38.0 Å². The molecule has 0 spiro atoms. The Morgan fingerprint density at radius 1 is 1.43 bits per heavy atom. The van der Waals surface area contributed by atoms with Gasteiger partial charge >= 0.3 is 0 Å². The van der Waals surface area contributed by atoms with Gasteiger partial charge in [0.15, 0.2) is 0 Å². The SMILES string of the molecule is CCCC1CCN(S(=O)(=O)c2cc(C(=O)Cl)ccc2C)C1. The second-order valence-corrected chi connectivity index (χ2v) is 7.81. The van der Waals surface area contributed by atoms with E-state index in [0.29, 0.717) is 24.6 Å². The lowest BCUT2D eigenvalue weighted by atomic mass is 10.0. The van der Waals surface area contributed by atoms with E-state index in [9.17, 15) is 13.2 Å². The maximum absolute atomic E-state index is 12.8. The van der Waals surface area contributed by atoms with Crippen LogP contribution in [0.15, 0.2) is 23.1 Å². The van der Waals surface area contributed by atoms with E-state index in [1.807, 2.05) is 0 Å². The highest BCUT2D eigenvalue weighted by Crippen LogP contribution is 2.29. The molecule has 4 nitrogen and oxygen atoms in total. The molecule has 0 saturated carbocycles. The number of sulfonamides is 1. The van der Waals surface area contributed by atoms with Gasteiger partial charge in [0, 0.05) is 18.7 Å². The predicted molar refractivity (Wildman–Crippen MR) is 83.1 cm³/mol. The Morgan fingerprint density at radius 2 is 2.14 bits per heavy atom. The summed E-state index contributed by atoms with van der Waals surface area (Å²) in [5, 5.41) is -0.642. The van der Waals surface area contributed by atoms with Crippen LogP contribution in [0.1, 0.15) is 42.1 Å². The third-order valence-corrected chi connectivity index (χ3v) is 6.20. The Morgan fingerprint density at radius 3 is 2.76 bits per heavy atom. The molecule has 0 N–H and O–H groups in total. The van der Waals surface area contributed by atoms with Gasteiger partial charge < -0.3 is 0 Å². The molecule has 1 unspecified atom stereocenters. The summed E-state index contributed by atoms with van der Waals surface area (Å²) in [6.45, 7) is 4.95. The molecule has 0 radical (unpaired) electrons. The van der Waals surface area contributed by atoms with Crippen molar-refractivity contribution < 1.29 is 13.2 Å². The summed E-state index contributed by atoms with van der Waals surface area (Å²) in [5.41, 5.74) is 0.848. The molecule has 0 amide bonds. The number of benzene rings is 1. The van der Waals surface area contributed by atoms with Gasteiger partial charge in [-0.2, -0.15) is 4.31 Å². The summed E-state index contributed by atoms with van der Waals surface area (Å²) in [5.74, 6) is 0.433. The van der Waals surface area contributed by atoms with Gasteiger partial charge in [-0.25, -0.2) is 8.42 Å². The van der Waals surface area contributed by atoms with Crippen LogP contribution in [-0.2, 0) is 10.0 Å². The standard InChI is InChI=1S/C15H20ClNO3S/c1-3-4-12-7-8-17(10-12)21(19,20)14-9-13(15(16)18)6-5-11(14)2/h5-6,9,12H,3-4,7-8,10H2,1-2H3. The predicted octanol–water partition coefficient (Wildman–Crippen LogP) is 3.18. The van der Waals surface area contributed by atoms with Crippen molar-refractivity contribution in [3.8, 4) is 0 Å². The number of carbonyl (C=O) groups is 1. The number of aryl methyl sites for hydroxylation is 1. The lowest BCUT2D eigenvalue weighted by Gasteiger charge is -2.18. The molecule has 1 aliphatic rings. The van der Waals surface area contributed by atoms with Crippen LogP contribution >= 0.6 is 11.6 Å². The fourth-order valence-corrected chi connectivity index (χ4v) is 4.70. The molecule has 2 rings (SSSR count). The zero-order valence-electron chi connectivity index (χ0n) is 12.3. The zero-order chi connectivity index (χ0) is 15.6. The highest BCUT2D eigenvalue weighted by Gasteiger charge is 2.33. The summed E-state index contributed by atoms with van der Waals surface area (Å²) in [4.78, 5) is 11.4. The van der Waals surface area contributed by atoms with E-state index in [0.717, 1.165) is 19.3 Å². The first kappa shape index (κ1) is 16.5. The number of carbonyl (C=O) groups excluding carboxylic acids is 1. The first-order valence-corrected chi connectivity index (χ1v) is 8.98. The molecule has 1 aromatic rings. The number of hydrogen-bond donors (Lipinski definition) is 0. The Balaban J connectivity index is 2.32. The Hall–Kier alpha value is -0.910. The van der Waals surface area contributed by atoms with E-state index in [1.165, 1.54) is 10.4 Å². The van der Waals surface area contributed by atoms with E-state index in [1.54, 1.807) is 19.1 Å². The fraction of sp³-hybridized carbons (Fsp3) is 0.533. The van der Waals surface area contributed by atoms with E-state index in [-0.39, 0.29) is 10.5 Å². The van der Waals surface area contributed by atoms with Gasteiger partial charge in [0.1, 0.15) is 0 Å². The van der Waals surface area contributed by atoms with Crippen LogP contribution in [0, 0.1) is 12.8 Å². The van der Waals surface area contributed by atoms with Gasteiger partial charge in [-0.05, 0) is 55.0 Å². The van der Waals surface area contributed by atoms with Crippen LogP contribution in [0.4, 0.5) is 0 Å². The minimum absolute atomic E-state index is 0.186. The summed E-state index contributed by atoms with van der Waals surface area (Å²) < 4.78 is 27.0. The number of halogens is 1. The normalized spacial score (nSPS) is 19.9. The molecule has 1 aliphatic heterocycles. The molecule has 1 fully saturated rings. The van der Waals surface area contributed by atoms with Crippen LogP contribution in [0.5, 0.6) is 0 Å². The second kappa shape index (κ2) is 6.46. The number of hydrogen-bond acceptors (Lipinski definition) is 3. The molecule has 0 aliphatic carbocycles. The average molecular weight is 330 g/mol. The molecular weight excluding hydrogens is 310 g/mol. The van der Waals surface area contributed by atoms with Crippen LogP contribution in [-0.4, -0.2) is 31.1 Å². The topological polar surface area (TPSA) is 54.5 Å². The molecule has 1 atom stereocenters. The van der Waals surface area contributed by atoms with Gasteiger partial charge in [-0.15, -0.1) is 0 Å². The van der Waals surface area contributed by atoms with Crippen molar-refractivity contribution >= 4 is 26.9 Å². The van der Waals surface area contributed by atoms with Crippen LogP contribution in [0.3, 0.4) is 0 Å². The van der Waals surface area contributed by atoms with Crippen molar-refractivity contribution in [2.24, 2.45) is 5.92 Å². The van der Waals surface area contributed by atoms with Crippen molar-refractivity contribution in [2.75, 3.05) is 13.1 Å². The summed E-state index contributed by atoms with van der Waals surface area (Å²) >= 11 is 5.45. The molecule has 116 valence electrons. The van der Waals surface area contributed by atoms with Crippen LogP contribution < -0.4 is 0 Å². The van der Waals surface area contributed by atoms with Gasteiger partial charge in [-0.3, -0.25) is 4.79 Å². The van der Waals surface area contributed by atoms with Crippen molar-refractivity contribution in [3.63, 3.8) is 0 Å². The van der Waals surface area contributed by atoms with Crippen LogP contribution in [0.2, 0.25) is 0 Å². The van der Waals surface area contributed by atoms with E-state index in [2.05, 4.69) is 6.92 Å². The first-order chi connectivity index (χ1) is 9.86. The van der Waals surface area contributed by atoms with E-state index >= 15 is 0 Å². The molecule has 1 aromatic carbocycles. The van der Waals surface area contributed by atoms with Gasteiger partial charge in [0.05, 0.1) is 4.90 Å². The van der Waals surface area contributed by atoms with E-state index < -0.39 is 15.3 Å². The second-order valence-electron chi connectivity index (χ2n) is 5.56. The molecular formula is C15H20ClNO3S. The lowest BCUT2D eigenvalue weighted by Crippen LogP contribution is -2.29. The van der Waals surface area contributed by atoms with Gasteiger partial charge in [-0.1, -0.05) is 19.4 Å². The first-order valence-electron chi connectivity index (χ1n) is 7.17. The summed E-state index contributed by atoms with van der Waals surface area (Å²) in [6, 6.07) is 4.56. The van der Waals surface area contributed by atoms with Crippen LogP contribution in [0.25, 0.3) is 0 Å². The highest BCUT2D eigenvalue weighted by molar-refractivity contribution is 7.89. The molecule has 1 saturated heterocycles.